The topological polar surface area (TPSA) is 68.3 Å². The molecule has 0 aliphatic carbocycles. The summed E-state index contributed by atoms with van der Waals surface area (Å²) in [5.74, 6) is -0.917. The molecule has 0 saturated carbocycles. The first kappa shape index (κ1) is 16.5. The van der Waals surface area contributed by atoms with Crippen molar-refractivity contribution in [1.29, 1.82) is 0 Å². The SMILES string of the molecule is CC[C@@]1(C(N)=O)CCCN(C(=O)c2ccc(C)n2C(F)F)C1. The van der Waals surface area contributed by atoms with Gasteiger partial charge in [-0.05, 0) is 38.3 Å². The molecule has 122 valence electrons. The molecule has 0 radical (unpaired) electrons. The fourth-order valence-electron chi connectivity index (χ4n) is 3.11. The molecule has 1 fully saturated rings. The van der Waals surface area contributed by atoms with E-state index in [1.807, 2.05) is 6.92 Å². The highest BCUT2D eigenvalue weighted by Crippen LogP contribution is 2.34. The highest BCUT2D eigenvalue weighted by molar-refractivity contribution is 5.94. The van der Waals surface area contributed by atoms with Crippen molar-refractivity contribution in [3.05, 3.63) is 23.5 Å². The van der Waals surface area contributed by atoms with E-state index in [-0.39, 0.29) is 12.2 Å². The van der Waals surface area contributed by atoms with Crippen LogP contribution in [0.1, 0.15) is 48.9 Å². The van der Waals surface area contributed by atoms with Crippen molar-refractivity contribution in [1.82, 2.24) is 9.47 Å². The van der Waals surface area contributed by atoms with Crippen LogP contribution in [0.3, 0.4) is 0 Å². The average molecular weight is 313 g/mol. The van der Waals surface area contributed by atoms with Gasteiger partial charge in [-0.25, -0.2) is 0 Å². The summed E-state index contributed by atoms with van der Waals surface area (Å²) in [6, 6.07) is 2.89. The summed E-state index contributed by atoms with van der Waals surface area (Å²) in [5.41, 5.74) is 5.01. The molecule has 0 aromatic carbocycles. The van der Waals surface area contributed by atoms with Gasteiger partial charge in [0.2, 0.25) is 5.91 Å². The number of hydrogen-bond acceptors (Lipinski definition) is 2. The van der Waals surface area contributed by atoms with Gasteiger partial charge in [0.05, 0.1) is 5.41 Å². The normalized spacial score (nSPS) is 22.1. The highest BCUT2D eigenvalue weighted by Gasteiger charge is 2.41. The number of aromatic nitrogens is 1. The first-order chi connectivity index (χ1) is 10.3. The molecule has 1 aromatic rings. The Labute approximate surface area is 128 Å². The minimum atomic E-state index is -2.77. The van der Waals surface area contributed by atoms with Crippen LogP contribution in [-0.2, 0) is 4.79 Å². The van der Waals surface area contributed by atoms with Crippen LogP contribution >= 0.6 is 0 Å². The third-order valence-electron chi connectivity index (χ3n) is 4.60. The van der Waals surface area contributed by atoms with E-state index in [0.717, 1.165) is 4.57 Å². The van der Waals surface area contributed by atoms with Crippen LogP contribution in [-0.4, -0.2) is 34.4 Å². The van der Waals surface area contributed by atoms with E-state index in [1.165, 1.54) is 24.0 Å². The predicted octanol–water partition coefficient (Wildman–Crippen LogP) is 2.31. The Morgan fingerprint density at radius 2 is 2.09 bits per heavy atom. The predicted molar refractivity (Wildman–Crippen MR) is 77.5 cm³/mol. The number of amides is 2. The number of carbonyl (C=O) groups is 2. The van der Waals surface area contributed by atoms with E-state index in [9.17, 15) is 18.4 Å². The van der Waals surface area contributed by atoms with Crippen molar-refractivity contribution < 1.29 is 18.4 Å². The van der Waals surface area contributed by atoms with E-state index in [1.54, 1.807) is 0 Å². The molecule has 7 heteroatoms. The van der Waals surface area contributed by atoms with Crippen molar-refractivity contribution >= 4 is 11.8 Å². The zero-order valence-electron chi connectivity index (χ0n) is 12.8. The third kappa shape index (κ3) is 2.71. The fourth-order valence-corrected chi connectivity index (χ4v) is 3.11. The molecule has 1 aromatic heterocycles. The summed E-state index contributed by atoms with van der Waals surface area (Å²) in [6.45, 7) is 1.24. The number of primary amides is 1. The summed E-state index contributed by atoms with van der Waals surface area (Å²) in [4.78, 5) is 25.8. The number of likely N-dealkylation sites (tertiary alicyclic amines) is 1. The Morgan fingerprint density at radius 3 is 2.64 bits per heavy atom. The minimum absolute atomic E-state index is 0.0520. The van der Waals surface area contributed by atoms with Crippen molar-refractivity contribution in [3.63, 3.8) is 0 Å². The summed E-state index contributed by atoms with van der Waals surface area (Å²) in [5, 5.41) is 0. The largest absolute Gasteiger partial charge is 0.369 e. The maximum atomic E-state index is 13.1. The Kier molecular flexibility index (Phi) is 4.53. The van der Waals surface area contributed by atoms with Crippen LogP contribution < -0.4 is 5.73 Å². The summed E-state index contributed by atoms with van der Waals surface area (Å²) in [6.07, 6.45) is 1.79. The Hall–Kier alpha value is -1.92. The molecule has 1 atom stereocenters. The minimum Gasteiger partial charge on any atom is -0.369 e. The molecular weight excluding hydrogens is 292 g/mol. The molecule has 2 rings (SSSR count). The number of nitrogens with two attached hydrogens (primary N) is 1. The summed E-state index contributed by atoms with van der Waals surface area (Å²) in [7, 11) is 0. The molecule has 0 bridgehead atoms. The van der Waals surface area contributed by atoms with E-state index in [4.69, 9.17) is 5.73 Å². The second-order valence-electron chi connectivity index (χ2n) is 5.84. The monoisotopic (exact) mass is 313 g/mol. The van der Waals surface area contributed by atoms with Gasteiger partial charge in [0.15, 0.2) is 0 Å². The summed E-state index contributed by atoms with van der Waals surface area (Å²) >= 11 is 0. The molecule has 1 saturated heterocycles. The number of nitrogens with zero attached hydrogens (tertiary/aromatic N) is 2. The van der Waals surface area contributed by atoms with Gasteiger partial charge in [-0.3, -0.25) is 14.2 Å². The lowest BCUT2D eigenvalue weighted by Gasteiger charge is -2.40. The maximum Gasteiger partial charge on any atom is 0.319 e. The molecule has 0 unspecified atom stereocenters. The van der Waals surface area contributed by atoms with Crippen molar-refractivity contribution in [2.45, 2.75) is 39.7 Å². The number of alkyl halides is 2. The molecule has 0 spiro atoms. The fraction of sp³-hybridized carbons (Fsp3) is 0.600. The van der Waals surface area contributed by atoms with Crippen LogP contribution in [0, 0.1) is 12.3 Å². The van der Waals surface area contributed by atoms with Crippen LogP contribution in [0.25, 0.3) is 0 Å². The van der Waals surface area contributed by atoms with Crippen LogP contribution in [0.15, 0.2) is 12.1 Å². The van der Waals surface area contributed by atoms with Gasteiger partial charge >= 0.3 is 6.55 Å². The smallest absolute Gasteiger partial charge is 0.319 e. The molecule has 2 amide bonds. The average Bonchev–Trinajstić information content (AvgIpc) is 2.88. The number of halogens is 2. The van der Waals surface area contributed by atoms with E-state index < -0.39 is 23.8 Å². The standard InChI is InChI=1S/C15H21F2N3O2/c1-3-15(13(18)22)7-4-8-19(9-15)12(21)11-6-5-10(2)20(11)14(16)17/h5-6,14H,3-4,7-9H2,1-2H3,(H2,18,22)/t15-/m1/s1. The first-order valence-electron chi connectivity index (χ1n) is 7.37. The van der Waals surface area contributed by atoms with Crippen LogP contribution in [0.4, 0.5) is 8.78 Å². The number of rotatable bonds is 4. The molecule has 1 aliphatic heterocycles. The van der Waals surface area contributed by atoms with Crippen LogP contribution in [0.2, 0.25) is 0 Å². The second-order valence-corrected chi connectivity index (χ2v) is 5.84. The highest BCUT2D eigenvalue weighted by atomic mass is 19.3. The quantitative estimate of drug-likeness (QED) is 0.927. The maximum absolute atomic E-state index is 13.1. The Balaban J connectivity index is 2.28. The molecule has 2 N–H and O–H groups in total. The van der Waals surface area contributed by atoms with Gasteiger partial charge in [-0.2, -0.15) is 8.78 Å². The molecule has 22 heavy (non-hydrogen) atoms. The second kappa shape index (κ2) is 6.06. The lowest BCUT2D eigenvalue weighted by molar-refractivity contribution is -0.130. The first-order valence-corrected chi connectivity index (χ1v) is 7.37. The molecular formula is C15H21F2N3O2. The van der Waals surface area contributed by atoms with Gasteiger partial charge in [-0.15, -0.1) is 0 Å². The van der Waals surface area contributed by atoms with E-state index >= 15 is 0 Å². The van der Waals surface area contributed by atoms with Gasteiger partial charge in [-0.1, -0.05) is 6.92 Å². The third-order valence-corrected chi connectivity index (χ3v) is 4.60. The van der Waals surface area contributed by atoms with E-state index in [2.05, 4.69) is 0 Å². The Bertz CT molecular complexity index is 585. The Morgan fingerprint density at radius 1 is 1.41 bits per heavy atom. The van der Waals surface area contributed by atoms with Gasteiger partial charge in [0.25, 0.3) is 5.91 Å². The summed E-state index contributed by atoms with van der Waals surface area (Å²) < 4.78 is 26.9. The molecule has 5 nitrogen and oxygen atoms in total. The number of hydrogen-bond donors (Lipinski definition) is 1. The zero-order chi connectivity index (χ0) is 16.5. The lowest BCUT2D eigenvalue weighted by Crippen LogP contribution is -2.52. The van der Waals surface area contributed by atoms with Gasteiger partial charge < -0.3 is 10.6 Å². The van der Waals surface area contributed by atoms with Crippen molar-refractivity contribution in [2.75, 3.05) is 13.1 Å². The number of carbonyl (C=O) groups excluding carboxylic acids is 2. The molecule has 2 heterocycles. The van der Waals surface area contributed by atoms with Crippen LogP contribution in [0.5, 0.6) is 0 Å². The van der Waals surface area contributed by atoms with Gasteiger partial charge in [0, 0.05) is 18.8 Å². The van der Waals surface area contributed by atoms with Gasteiger partial charge in [0.1, 0.15) is 5.69 Å². The van der Waals surface area contributed by atoms with Crippen molar-refractivity contribution in [2.24, 2.45) is 11.1 Å². The zero-order valence-corrected chi connectivity index (χ0v) is 12.8. The number of piperidine rings is 1. The van der Waals surface area contributed by atoms with E-state index in [0.29, 0.717) is 31.5 Å². The lowest BCUT2D eigenvalue weighted by atomic mass is 9.77. The van der Waals surface area contributed by atoms with Crippen molar-refractivity contribution in [3.8, 4) is 0 Å². The number of aryl methyl sites for hydroxylation is 1. The molecule has 1 aliphatic rings.